The molecule has 128 valence electrons. The van der Waals surface area contributed by atoms with Gasteiger partial charge in [0.1, 0.15) is 12.4 Å². The number of amides is 1. The van der Waals surface area contributed by atoms with Crippen LogP contribution in [0.15, 0.2) is 42.7 Å². The SMILES string of the molecule is COCCOc1cccc(C(=O)N2CCC[C@H](n3cccn3)C2)c1. The van der Waals surface area contributed by atoms with E-state index in [1.54, 1.807) is 19.4 Å². The summed E-state index contributed by atoms with van der Waals surface area (Å²) in [6, 6.07) is 9.51. The lowest BCUT2D eigenvalue weighted by molar-refractivity contribution is 0.0672. The van der Waals surface area contributed by atoms with E-state index in [-0.39, 0.29) is 11.9 Å². The third kappa shape index (κ3) is 3.94. The molecule has 3 rings (SSSR count). The van der Waals surface area contributed by atoms with E-state index in [0.29, 0.717) is 31.1 Å². The van der Waals surface area contributed by atoms with Crippen molar-refractivity contribution in [2.45, 2.75) is 18.9 Å². The molecule has 0 bridgehead atoms. The molecule has 24 heavy (non-hydrogen) atoms. The molecular weight excluding hydrogens is 306 g/mol. The number of piperidine rings is 1. The Morgan fingerprint density at radius 3 is 3.04 bits per heavy atom. The third-order valence-corrected chi connectivity index (χ3v) is 4.22. The van der Waals surface area contributed by atoms with Gasteiger partial charge >= 0.3 is 0 Å². The van der Waals surface area contributed by atoms with Crippen LogP contribution >= 0.6 is 0 Å². The highest BCUT2D eigenvalue weighted by atomic mass is 16.5. The average Bonchev–Trinajstić information content (AvgIpc) is 3.16. The Morgan fingerprint density at radius 2 is 2.25 bits per heavy atom. The standard InChI is InChI=1S/C18H23N3O3/c1-23-11-12-24-17-7-2-5-15(13-17)18(22)20-9-3-6-16(14-20)21-10-4-8-19-21/h2,4-5,7-8,10,13,16H,3,6,9,11-12,14H2,1H3/t16-/m0/s1. The number of hydrogen-bond acceptors (Lipinski definition) is 4. The van der Waals surface area contributed by atoms with Gasteiger partial charge < -0.3 is 14.4 Å². The van der Waals surface area contributed by atoms with Crippen molar-refractivity contribution in [2.75, 3.05) is 33.4 Å². The van der Waals surface area contributed by atoms with Crippen LogP contribution in [0.4, 0.5) is 0 Å². The first kappa shape index (κ1) is 16.5. The summed E-state index contributed by atoms with van der Waals surface area (Å²) in [7, 11) is 1.63. The van der Waals surface area contributed by atoms with Crippen LogP contribution in [0, 0.1) is 0 Å². The molecule has 0 N–H and O–H groups in total. The molecule has 6 nitrogen and oxygen atoms in total. The van der Waals surface area contributed by atoms with Crippen molar-refractivity contribution in [2.24, 2.45) is 0 Å². The zero-order chi connectivity index (χ0) is 16.8. The molecule has 1 atom stereocenters. The first-order valence-electron chi connectivity index (χ1n) is 8.28. The number of likely N-dealkylation sites (tertiary alicyclic amines) is 1. The van der Waals surface area contributed by atoms with Crippen molar-refractivity contribution >= 4 is 5.91 Å². The Hall–Kier alpha value is -2.34. The van der Waals surface area contributed by atoms with Crippen LogP contribution in [-0.4, -0.2) is 54.0 Å². The maximum absolute atomic E-state index is 12.8. The highest BCUT2D eigenvalue weighted by Gasteiger charge is 2.25. The second-order valence-corrected chi connectivity index (χ2v) is 5.90. The van der Waals surface area contributed by atoms with Crippen LogP contribution in [0.25, 0.3) is 0 Å². The van der Waals surface area contributed by atoms with E-state index in [1.807, 2.05) is 40.0 Å². The number of ether oxygens (including phenoxy) is 2. The van der Waals surface area contributed by atoms with Gasteiger partial charge in [0.2, 0.25) is 0 Å². The lowest BCUT2D eigenvalue weighted by Gasteiger charge is -2.33. The number of benzene rings is 1. The summed E-state index contributed by atoms with van der Waals surface area (Å²) < 4.78 is 12.5. The normalized spacial score (nSPS) is 17.7. The molecule has 1 amide bonds. The average molecular weight is 329 g/mol. The van der Waals surface area contributed by atoms with Crippen molar-refractivity contribution in [3.8, 4) is 5.75 Å². The summed E-state index contributed by atoms with van der Waals surface area (Å²) >= 11 is 0. The molecule has 1 fully saturated rings. The van der Waals surface area contributed by atoms with Crippen LogP contribution in [-0.2, 0) is 4.74 Å². The first-order chi connectivity index (χ1) is 11.8. The molecule has 0 saturated carbocycles. The molecule has 0 aliphatic carbocycles. The fourth-order valence-electron chi connectivity index (χ4n) is 3.00. The van der Waals surface area contributed by atoms with Crippen molar-refractivity contribution in [3.63, 3.8) is 0 Å². The zero-order valence-electron chi connectivity index (χ0n) is 13.9. The van der Waals surface area contributed by atoms with Gasteiger partial charge in [0, 0.05) is 38.2 Å². The van der Waals surface area contributed by atoms with E-state index in [0.717, 1.165) is 19.4 Å². The van der Waals surface area contributed by atoms with E-state index >= 15 is 0 Å². The summed E-state index contributed by atoms with van der Waals surface area (Å²) in [5.41, 5.74) is 0.658. The van der Waals surface area contributed by atoms with Crippen LogP contribution in [0.5, 0.6) is 5.75 Å². The minimum atomic E-state index is 0.0454. The van der Waals surface area contributed by atoms with Crippen molar-refractivity contribution in [3.05, 3.63) is 48.3 Å². The molecule has 1 saturated heterocycles. The second kappa shape index (κ2) is 7.97. The van der Waals surface area contributed by atoms with Gasteiger partial charge in [-0.05, 0) is 37.1 Å². The number of carbonyl (C=O) groups excluding carboxylic acids is 1. The summed E-state index contributed by atoms with van der Waals surface area (Å²) in [6.07, 6.45) is 5.77. The Labute approximate surface area is 142 Å². The lowest BCUT2D eigenvalue weighted by Crippen LogP contribution is -2.40. The van der Waals surface area contributed by atoms with Gasteiger partial charge in [0.15, 0.2) is 0 Å². The third-order valence-electron chi connectivity index (χ3n) is 4.22. The minimum absolute atomic E-state index is 0.0454. The molecule has 2 aromatic rings. The number of nitrogens with zero attached hydrogens (tertiary/aromatic N) is 3. The highest BCUT2D eigenvalue weighted by Crippen LogP contribution is 2.23. The molecule has 1 aliphatic rings. The van der Waals surface area contributed by atoms with Gasteiger partial charge in [0.25, 0.3) is 5.91 Å². The van der Waals surface area contributed by atoms with Crippen LogP contribution in [0.2, 0.25) is 0 Å². The van der Waals surface area contributed by atoms with E-state index in [1.165, 1.54) is 0 Å². The van der Waals surface area contributed by atoms with Gasteiger partial charge in [0.05, 0.1) is 12.6 Å². The fraction of sp³-hybridized carbons (Fsp3) is 0.444. The van der Waals surface area contributed by atoms with Gasteiger partial charge in [-0.25, -0.2) is 0 Å². The molecule has 1 aromatic carbocycles. The molecule has 0 radical (unpaired) electrons. The predicted octanol–water partition coefficient (Wildman–Crippen LogP) is 2.39. The number of carbonyl (C=O) groups is 1. The Morgan fingerprint density at radius 1 is 1.33 bits per heavy atom. The van der Waals surface area contributed by atoms with E-state index in [4.69, 9.17) is 9.47 Å². The molecule has 2 heterocycles. The molecular formula is C18H23N3O3. The molecule has 1 aromatic heterocycles. The quantitative estimate of drug-likeness (QED) is 0.764. The van der Waals surface area contributed by atoms with Crippen molar-refractivity contribution in [1.82, 2.24) is 14.7 Å². The van der Waals surface area contributed by atoms with Gasteiger partial charge in [-0.2, -0.15) is 5.10 Å². The van der Waals surface area contributed by atoms with Gasteiger partial charge in [-0.1, -0.05) is 6.07 Å². The number of aromatic nitrogens is 2. The largest absolute Gasteiger partial charge is 0.491 e. The summed E-state index contributed by atoms with van der Waals surface area (Å²) in [4.78, 5) is 14.7. The van der Waals surface area contributed by atoms with Gasteiger partial charge in [-0.15, -0.1) is 0 Å². The molecule has 0 spiro atoms. The number of rotatable bonds is 6. The molecule has 0 unspecified atom stereocenters. The Balaban J connectivity index is 1.66. The second-order valence-electron chi connectivity index (χ2n) is 5.90. The maximum atomic E-state index is 12.8. The maximum Gasteiger partial charge on any atom is 0.254 e. The monoisotopic (exact) mass is 329 g/mol. The number of methoxy groups -OCH3 is 1. The Kier molecular flexibility index (Phi) is 5.48. The van der Waals surface area contributed by atoms with Crippen LogP contribution in [0.1, 0.15) is 29.2 Å². The molecule has 1 aliphatic heterocycles. The van der Waals surface area contributed by atoms with E-state index in [2.05, 4.69) is 5.10 Å². The summed E-state index contributed by atoms with van der Waals surface area (Å²) in [5.74, 6) is 0.739. The van der Waals surface area contributed by atoms with Crippen LogP contribution < -0.4 is 4.74 Å². The summed E-state index contributed by atoms with van der Waals surface area (Å²) in [5, 5.41) is 4.31. The lowest BCUT2D eigenvalue weighted by atomic mass is 10.0. The van der Waals surface area contributed by atoms with E-state index < -0.39 is 0 Å². The summed E-state index contributed by atoms with van der Waals surface area (Å²) in [6.45, 7) is 2.47. The van der Waals surface area contributed by atoms with Crippen molar-refractivity contribution < 1.29 is 14.3 Å². The zero-order valence-corrected chi connectivity index (χ0v) is 13.9. The molecule has 6 heteroatoms. The topological polar surface area (TPSA) is 56.6 Å². The minimum Gasteiger partial charge on any atom is -0.491 e. The highest BCUT2D eigenvalue weighted by molar-refractivity contribution is 5.94. The predicted molar refractivity (Wildman–Crippen MR) is 90.2 cm³/mol. The fourth-order valence-corrected chi connectivity index (χ4v) is 3.00. The Bertz CT molecular complexity index is 657. The number of hydrogen-bond donors (Lipinski definition) is 0. The smallest absolute Gasteiger partial charge is 0.254 e. The first-order valence-corrected chi connectivity index (χ1v) is 8.28. The van der Waals surface area contributed by atoms with Crippen molar-refractivity contribution in [1.29, 1.82) is 0 Å². The van der Waals surface area contributed by atoms with Crippen LogP contribution in [0.3, 0.4) is 0 Å². The van der Waals surface area contributed by atoms with Gasteiger partial charge in [-0.3, -0.25) is 9.48 Å². The van der Waals surface area contributed by atoms with E-state index in [9.17, 15) is 4.79 Å².